The number of halogens is 4. The van der Waals surface area contributed by atoms with Crippen molar-refractivity contribution in [2.45, 2.75) is 18.6 Å². The molecular weight excluding hydrogens is 478 g/mol. The van der Waals surface area contributed by atoms with Gasteiger partial charge in [0.1, 0.15) is 0 Å². The van der Waals surface area contributed by atoms with Gasteiger partial charge in [0.15, 0.2) is 0 Å². The van der Waals surface area contributed by atoms with E-state index >= 15 is 0 Å². The van der Waals surface area contributed by atoms with E-state index in [4.69, 9.17) is 46.4 Å². The molecule has 1 amide bonds. The summed E-state index contributed by atoms with van der Waals surface area (Å²) in [7, 11) is -3.61. The SMILES string of the molecule is O=C(Nc1cc(Cl)cc(Cl)c1)[C@H]1CCCN(S(=O)(=O)Cc2ccc(Cl)c(Cl)c2)C1. The van der Waals surface area contributed by atoms with Gasteiger partial charge in [-0.15, -0.1) is 0 Å². The number of sulfonamides is 1. The van der Waals surface area contributed by atoms with Gasteiger partial charge in [0.05, 0.1) is 21.7 Å². The van der Waals surface area contributed by atoms with E-state index in [0.29, 0.717) is 50.7 Å². The highest BCUT2D eigenvalue weighted by Crippen LogP contribution is 2.27. The molecule has 1 atom stereocenters. The predicted molar refractivity (Wildman–Crippen MR) is 118 cm³/mol. The summed E-state index contributed by atoms with van der Waals surface area (Å²) in [6.07, 6.45) is 1.19. The summed E-state index contributed by atoms with van der Waals surface area (Å²) in [5.74, 6) is -0.940. The van der Waals surface area contributed by atoms with Crippen LogP contribution in [0.2, 0.25) is 20.1 Å². The minimum Gasteiger partial charge on any atom is -0.326 e. The molecule has 156 valence electrons. The van der Waals surface area contributed by atoms with E-state index in [9.17, 15) is 13.2 Å². The van der Waals surface area contributed by atoms with E-state index in [2.05, 4.69) is 5.32 Å². The first-order chi connectivity index (χ1) is 13.6. The van der Waals surface area contributed by atoms with Crippen molar-refractivity contribution in [1.82, 2.24) is 4.31 Å². The summed E-state index contributed by atoms with van der Waals surface area (Å²) < 4.78 is 27.1. The van der Waals surface area contributed by atoms with Gasteiger partial charge in [-0.1, -0.05) is 52.5 Å². The van der Waals surface area contributed by atoms with Gasteiger partial charge in [0.25, 0.3) is 0 Å². The maximum atomic E-state index is 12.9. The second-order valence-electron chi connectivity index (χ2n) is 6.85. The van der Waals surface area contributed by atoms with Crippen LogP contribution in [0.3, 0.4) is 0 Å². The molecule has 0 aromatic heterocycles. The molecule has 1 saturated heterocycles. The number of benzene rings is 2. The average molecular weight is 496 g/mol. The number of carbonyl (C=O) groups excluding carboxylic acids is 1. The zero-order valence-corrected chi connectivity index (χ0v) is 19.0. The lowest BCUT2D eigenvalue weighted by Crippen LogP contribution is -2.44. The maximum Gasteiger partial charge on any atom is 0.228 e. The number of anilines is 1. The Balaban J connectivity index is 1.68. The zero-order valence-electron chi connectivity index (χ0n) is 15.2. The van der Waals surface area contributed by atoms with Crippen molar-refractivity contribution in [2.75, 3.05) is 18.4 Å². The zero-order chi connectivity index (χ0) is 21.2. The quantitative estimate of drug-likeness (QED) is 0.597. The van der Waals surface area contributed by atoms with Crippen LogP contribution in [0, 0.1) is 5.92 Å². The molecule has 1 aliphatic heterocycles. The van der Waals surface area contributed by atoms with E-state index in [1.165, 1.54) is 4.31 Å². The summed E-state index contributed by atoms with van der Waals surface area (Å²) in [4.78, 5) is 12.7. The van der Waals surface area contributed by atoms with Crippen molar-refractivity contribution in [1.29, 1.82) is 0 Å². The van der Waals surface area contributed by atoms with Gasteiger partial charge in [-0.2, -0.15) is 0 Å². The number of nitrogens with zero attached hydrogens (tertiary/aromatic N) is 1. The largest absolute Gasteiger partial charge is 0.326 e. The van der Waals surface area contributed by atoms with E-state index in [1.54, 1.807) is 36.4 Å². The molecule has 0 spiro atoms. The number of hydrogen-bond donors (Lipinski definition) is 1. The monoisotopic (exact) mass is 494 g/mol. The van der Waals surface area contributed by atoms with Crippen LogP contribution in [0.15, 0.2) is 36.4 Å². The average Bonchev–Trinajstić information content (AvgIpc) is 2.64. The number of piperidine rings is 1. The lowest BCUT2D eigenvalue weighted by molar-refractivity contribution is -0.120. The van der Waals surface area contributed by atoms with Crippen molar-refractivity contribution in [3.63, 3.8) is 0 Å². The first kappa shape index (κ1) is 22.7. The fourth-order valence-corrected chi connectivity index (χ4v) is 5.66. The van der Waals surface area contributed by atoms with Crippen molar-refractivity contribution in [3.05, 3.63) is 62.1 Å². The number of rotatable bonds is 5. The smallest absolute Gasteiger partial charge is 0.228 e. The third-order valence-electron chi connectivity index (χ3n) is 4.61. The molecule has 29 heavy (non-hydrogen) atoms. The molecule has 1 aliphatic rings. The lowest BCUT2D eigenvalue weighted by Gasteiger charge is -2.31. The van der Waals surface area contributed by atoms with Crippen LogP contribution in [0.5, 0.6) is 0 Å². The lowest BCUT2D eigenvalue weighted by atomic mass is 9.99. The molecule has 3 rings (SSSR count). The van der Waals surface area contributed by atoms with Gasteiger partial charge < -0.3 is 5.32 Å². The highest BCUT2D eigenvalue weighted by molar-refractivity contribution is 7.88. The van der Waals surface area contributed by atoms with Gasteiger partial charge >= 0.3 is 0 Å². The summed E-state index contributed by atoms with van der Waals surface area (Å²) >= 11 is 23.8. The Morgan fingerprint density at radius 2 is 1.72 bits per heavy atom. The Labute approximate surface area is 189 Å². The van der Waals surface area contributed by atoms with Crippen molar-refractivity contribution >= 4 is 68.0 Å². The third kappa shape index (κ3) is 6.00. The topological polar surface area (TPSA) is 66.5 Å². The Bertz CT molecular complexity index is 1010. The molecule has 0 unspecified atom stereocenters. The highest BCUT2D eigenvalue weighted by atomic mass is 35.5. The van der Waals surface area contributed by atoms with E-state index in [0.717, 1.165) is 0 Å². The van der Waals surface area contributed by atoms with Crippen molar-refractivity contribution < 1.29 is 13.2 Å². The van der Waals surface area contributed by atoms with Gasteiger partial charge in [0.2, 0.25) is 15.9 Å². The maximum absolute atomic E-state index is 12.9. The van der Waals surface area contributed by atoms with Crippen LogP contribution < -0.4 is 5.32 Å². The fraction of sp³-hybridized carbons (Fsp3) is 0.316. The summed E-state index contributed by atoms with van der Waals surface area (Å²) in [6.45, 7) is 0.486. The summed E-state index contributed by atoms with van der Waals surface area (Å²) in [5, 5.41) is 4.24. The Kier molecular flexibility index (Phi) is 7.36. The minimum absolute atomic E-state index is 0.115. The fourth-order valence-electron chi connectivity index (χ4n) is 3.21. The first-order valence-corrected chi connectivity index (χ1v) is 11.9. The molecule has 5 nitrogen and oxygen atoms in total. The minimum atomic E-state index is -3.61. The van der Waals surface area contributed by atoms with E-state index in [-0.39, 0.29) is 18.2 Å². The van der Waals surface area contributed by atoms with Gasteiger partial charge in [-0.05, 0) is 48.7 Å². The highest BCUT2D eigenvalue weighted by Gasteiger charge is 2.32. The molecule has 2 aromatic carbocycles. The molecule has 0 saturated carbocycles. The normalized spacial score (nSPS) is 17.9. The number of hydrogen-bond acceptors (Lipinski definition) is 3. The molecule has 1 N–H and O–H groups in total. The first-order valence-electron chi connectivity index (χ1n) is 8.83. The van der Waals surface area contributed by atoms with Crippen LogP contribution in [0.25, 0.3) is 0 Å². The van der Waals surface area contributed by atoms with Crippen LogP contribution in [-0.4, -0.2) is 31.7 Å². The second-order valence-corrected chi connectivity index (χ2v) is 10.5. The molecule has 0 radical (unpaired) electrons. The molecule has 0 aliphatic carbocycles. The van der Waals surface area contributed by atoms with Crippen molar-refractivity contribution in [2.24, 2.45) is 5.92 Å². The van der Waals surface area contributed by atoms with E-state index in [1.807, 2.05) is 0 Å². The van der Waals surface area contributed by atoms with Crippen LogP contribution >= 0.6 is 46.4 Å². The van der Waals surface area contributed by atoms with Crippen LogP contribution in [0.4, 0.5) is 5.69 Å². The standard InChI is InChI=1S/C19H18Cl4N2O3S/c20-14-7-15(21)9-16(8-14)24-19(26)13-2-1-5-25(10-13)29(27,28)11-12-3-4-17(22)18(23)6-12/h3-4,6-9,13H,1-2,5,10-11H2,(H,24,26)/t13-/m0/s1. The van der Waals surface area contributed by atoms with Gasteiger partial charge in [-0.3, -0.25) is 4.79 Å². The number of nitrogens with one attached hydrogen (secondary N) is 1. The number of carbonyl (C=O) groups is 1. The van der Waals surface area contributed by atoms with Crippen LogP contribution in [0.1, 0.15) is 18.4 Å². The van der Waals surface area contributed by atoms with Crippen molar-refractivity contribution in [3.8, 4) is 0 Å². The molecular formula is C19H18Cl4N2O3S. The molecule has 1 heterocycles. The molecule has 10 heteroatoms. The summed E-state index contributed by atoms with van der Waals surface area (Å²) in [6, 6.07) is 9.48. The molecule has 2 aromatic rings. The van der Waals surface area contributed by atoms with E-state index < -0.39 is 15.9 Å². The Morgan fingerprint density at radius 1 is 1.03 bits per heavy atom. The molecule has 0 bridgehead atoms. The van der Waals surface area contributed by atoms with Gasteiger partial charge in [0, 0.05) is 28.8 Å². The Morgan fingerprint density at radius 3 is 2.38 bits per heavy atom. The Hall–Kier alpha value is -1.02. The number of amides is 1. The second kappa shape index (κ2) is 9.41. The summed E-state index contributed by atoms with van der Waals surface area (Å²) in [5.41, 5.74) is 1.02. The van der Waals surface area contributed by atoms with Crippen LogP contribution in [-0.2, 0) is 20.6 Å². The molecule has 1 fully saturated rings. The predicted octanol–water partition coefficient (Wildman–Crippen LogP) is 5.48. The third-order valence-corrected chi connectivity index (χ3v) is 7.60. The van der Waals surface area contributed by atoms with Gasteiger partial charge in [-0.25, -0.2) is 12.7 Å².